The monoisotopic (exact) mass is 461 g/mol. The van der Waals surface area contributed by atoms with Crippen LogP contribution in [0.3, 0.4) is 0 Å². The molecule has 0 amide bonds. The summed E-state index contributed by atoms with van der Waals surface area (Å²) in [4.78, 5) is 0.136. The van der Waals surface area contributed by atoms with Crippen molar-refractivity contribution in [3.05, 3.63) is 126 Å². The van der Waals surface area contributed by atoms with Gasteiger partial charge >= 0.3 is 0 Å². The van der Waals surface area contributed by atoms with Crippen molar-refractivity contribution in [2.75, 3.05) is 0 Å². The van der Waals surface area contributed by atoms with Crippen LogP contribution >= 0.6 is 7.14 Å². The molecular formula is C26H24NO3PS. The Bertz CT molecular complexity index is 1280. The molecule has 32 heavy (non-hydrogen) atoms. The minimum atomic E-state index is -3.95. The predicted molar refractivity (Wildman–Crippen MR) is 130 cm³/mol. The summed E-state index contributed by atoms with van der Waals surface area (Å²) in [5.74, 6) is -0.972. The minimum absolute atomic E-state index is 0.136. The van der Waals surface area contributed by atoms with E-state index in [-0.39, 0.29) is 4.90 Å². The van der Waals surface area contributed by atoms with Crippen LogP contribution in [-0.4, -0.2) is 8.42 Å². The fourth-order valence-electron chi connectivity index (χ4n) is 3.67. The second kappa shape index (κ2) is 9.25. The summed E-state index contributed by atoms with van der Waals surface area (Å²) in [5, 5.41) is 1.18. The van der Waals surface area contributed by atoms with Crippen molar-refractivity contribution in [1.29, 1.82) is 0 Å². The van der Waals surface area contributed by atoms with Gasteiger partial charge in [0.05, 0.1) is 4.90 Å². The van der Waals surface area contributed by atoms with Gasteiger partial charge in [-0.15, -0.1) is 0 Å². The van der Waals surface area contributed by atoms with E-state index in [2.05, 4.69) is 4.72 Å². The van der Waals surface area contributed by atoms with Crippen LogP contribution in [0.15, 0.2) is 120 Å². The first-order chi connectivity index (χ1) is 15.4. The van der Waals surface area contributed by atoms with Crippen LogP contribution in [0.1, 0.15) is 16.9 Å². The molecule has 1 atom stereocenters. The van der Waals surface area contributed by atoms with Crippen molar-refractivity contribution in [3.8, 4) is 0 Å². The normalized spacial score (nSPS) is 12.9. The van der Waals surface area contributed by atoms with Crippen LogP contribution in [-0.2, 0) is 14.6 Å². The van der Waals surface area contributed by atoms with Crippen molar-refractivity contribution in [2.45, 2.75) is 17.6 Å². The summed E-state index contributed by atoms with van der Waals surface area (Å²) in [6.07, 6.45) is 0. The molecule has 4 rings (SSSR count). The van der Waals surface area contributed by atoms with Crippen LogP contribution in [0.5, 0.6) is 0 Å². The average Bonchev–Trinajstić information content (AvgIpc) is 2.84. The first-order valence-corrected chi connectivity index (χ1v) is 13.5. The molecule has 0 radical (unpaired) electrons. The van der Waals surface area contributed by atoms with Gasteiger partial charge < -0.3 is 4.57 Å². The van der Waals surface area contributed by atoms with Crippen molar-refractivity contribution < 1.29 is 13.0 Å². The van der Waals surface area contributed by atoms with Gasteiger partial charge in [0.15, 0.2) is 7.14 Å². The number of nitrogens with one attached hydrogen (secondary N) is 1. The number of sulfonamides is 1. The summed E-state index contributed by atoms with van der Waals surface area (Å²) in [7, 11) is -7.42. The summed E-state index contributed by atoms with van der Waals surface area (Å²) in [6, 6.07) is 33.9. The molecule has 4 aromatic carbocycles. The highest BCUT2D eigenvalue weighted by atomic mass is 32.2. The topological polar surface area (TPSA) is 63.2 Å². The molecule has 1 N–H and O–H groups in total. The first kappa shape index (κ1) is 22.2. The van der Waals surface area contributed by atoms with E-state index >= 15 is 0 Å². The van der Waals surface area contributed by atoms with Gasteiger partial charge in [-0.1, -0.05) is 109 Å². The number of benzene rings is 4. The average molecular weight is 462 g/mol. The van der Waals surface area contributed by atoms with Gasteiger partial charge in [-0.05, 0) is 24.6 Å². The Balaban J connectivity index is 1.92. The Morgan fingerprint density at radius 1 is 0.656 bits per heavy atom. The molecule has 0 aromatic heterocycles. The highest BCUT2D eigenvalue weighted by molar-refractivity contribution is 7.90. The first-order valence-electron chi connectivity index (χ1n) is 10.3. The van der Waals surface area contributed by atoms with Gasteiger partial charge in [0.1, 0.15) is 5.78 Å². The lowest BCUT2D eigenvalue weighted by Crippen LogP contribution is -2.34. The van der Waals surface area contributed by atoms with Crippen LogP contribution in [0.4, 0.5) is 0 Å². The molecule has 0 saturated heterocycles. The van der Waals surface area contributed by atoms with Crippen molar-refractivity contribution in [1.82, 2.24) is 4.72 Å². The molecule has 0 unspecified atom stereocenters. The summed E-state index contributed by atoms with van der Waals surface area (Å²) < 4.78 is 44.6. The van der Waals surface area contributed by atoms with E-state index < -0.39 is 22.9 Å². The lowest BCUT2D eigenvalue weighted by Gasteiger charge is -2.30. The minimum Gasteiger partial charge on any atom is -0.312 e. The third kappa shape index (κ3) is 4.46. The molecule has 0 fully saturated rings. The second-order valence-corrected chi connectivity index (χ2v) is 12.2. The zero-order chi connectivity index (χ0) is 22.6. The van der Waals surface area contributed by atoms with Crippen molar-refractivity contribution in [3.63, 3.8) is 0 Å². The van der Waals surface area contributed by atoms with E-state index in [0.717, 1.165) is 5.56 Å². The van der Waals surface area contributed by atoms with Crippen molar-refractivity contribution >= 4 is 27.8 Å². The Hall–Kier alpha value is -2.98. The summed E-state index contributed by atoms with van der Waals surface area (Å²) in [6.45, 7) is 1.90. The van der Waals surface area contributed by atoms with E-state index in [1.54, 1.807) is 60.7 Å². The van der Waals surface area contributed by atoms with E-state index in [0.29, 0.717) is 16.2 Å². The van der Waals surface area contributed by atoms with Crippen molar-refractivity contribution in [2.24, 2.45) is 0 Å². The fourth-order valence-corrected chi connectivity index (χ4v) is 8.45. The van der Waals surface area contributed by atoms with Crippen LogP contribution in [0.2, 0.25) is 0 Å². The van der Waals surface area contributed by atoms with E-state index in [1.807, 2.05) is 61.5 Å². The van der Waals surface area contributed by atoms with E-state index in [1.165, 1.54) is 0 Å². The van der Waals surface area contributed by atoms with Gasteiger partial charge in [-0.2, -0.15) is 4.72 Å². The molecule has 0 aliphatic heterocycles. The maximum Gasteiger partial charge on any atom is 0.241 e. The van der Waals surface area contributed by atoms with Gasteiger partial charge in [-0.3, -0.25) is 0 Å². The Morgan fingerprint density at radius 3 is 1.56 bits per heavy atom. The summed E-state index contributed by atoms with van der Waals surface area (Å²) in [5.41, 5.74) is 1.60. The Morgan fingerprint density at radius 2 is 1.09 bits per heavy atom. The van der Waals surface area contributed by atoms with Gasteiger partial charge in [0, 0.05) is 10.6 Å². The molecule has 0 heterocycles. The number of aryl methyl sites for hydroxylation is 1. The molecule has 0 aliphatic carbocycles. The molecule has 4 aromatic rings. The lowest BCUT2D eigenvalue weighted by atomic mass is 10.2. The molecule has 6 heteroatoms. The number of hydrogen-bond acceptors (Lipinski definition) is 3. The third-order valence-corrected chi connectivity index (χ3v) is 10.3. The molecule has 4 nitrogen and oxygen atoms in total. The standard InChI is InChI=1S/C26H24NO3PS/c1-21-17-19-25(20-18-21)32(29,30)27-26(22-11-5-2-6-12-22)31(28,23-13-7-3-8-14-23)24-15-9-4-10-16-24/h2-20,26-27H,1H3/t26-/m1/s1. The number of hydrogen-bond donors (Lipinski definition) is 1. The second-order valence-electron chi connectivity index (χ2n) is 7.58. The highest BCUT2D eigenvalue weighted by Gasteiger charge is 2.40. The maximum atomic E-state index is 15.0. The largest absolute Gasteiger partial charge is 0.312 e. The lowest BCUT2D eigenvalue weighted by molar-refractivity contribution is 0.560. The SMILES string of the molecule is Cc1ccc(S(=O)(=O)N[C@@H](c2ccccc2)P(=O)(c2ccccc2)c2ccccc2)cc1. The van der Waals surface area contributed by atoms with Gasteiger partial charge in [0.25, 0.3) is 0 Å². The van der Waals surface area contributed by atoms with Crippen LogP contribution in [0, 0.1) is 6.92 Å². The fraction of sp³-hybridized carbons (Fsp3) is 0.0769. The van der Waals surface area contributed by atoms with Gasteiger partial charge in [0.2, 0.25) is 10.0 Å². The molecule has 0 aliphatic rings. The molecular weight excluding hydrogens is 437 g/mol. The smallest absolute Gasteiger partial charge is 0.241 e. The zero-order valence-electron chi connectivity index (χ0n) is 17.6. The molecule has 162 valence electrons. The van der Waals surface area contributed by atoms with Gasteiger partial charge in [-0.25, -0.2) is 8.42 Å². The summed E-state index contributed by atoms with van der Waals surface area (Å²) >= 11 is 0. The molecule has 0 bridgehead atoms. The molecule has 0 spiro atoms. The Labute approximate surface area is 189 Å². The number of rotatable bonds is 7. The maximum absolute atomic E-state index is 15.0. The quantitative estimate of drug-likeness (QED) is 0.395. The van der Waals surface area contributed by atoms with Crippen LogP contribution < -0.4 is 15.3 Å². The van der Waals surface area contributed by atoms with Crippen LogP contribution in [0.25, 0.3) is 0 Å². The Kier molecular flexibility index (Phi) is 6.43. The molecule has 0 saturated carbocycles. The van der Waals surface area contributed by atoms with E-state index in [9.17, 15) is 13.0 Å². The highest BCUT2D eigenvalue weighted by Crippen LogP contribution is 2.56. The zero-order valence-corrected chi connectivity index (χ0v) is 19.3. The van der Waals surface area contributed by atoms with E-state index in [4.69, 9.17) is 0 Å². The third-order valence-electron chi connectivity index (χ3n) is 5.36. The predicted octanol–water partition coefficient (Wildman–Crippen LogP) is 4.99.